The van der Waals surface area contributed by atoms with Gasteiger partial charge in [0.2, 0.25) is 0 Å². The van der Waals surface area contributed by atoms with Gasteiger partial charge in [0.05, 0.1) is 0 Å². The van der Waals surface area contributed by atoms with E-state index in [1.807, 2.05) is 0 Å². The molecule has 0 nitrogen and oxygen atoms in total. The molecule has 0 aromatic heterocycles. The number of halogens is 1. The topological polar surface area (TPSA) is 0 Å². The van der Waals surface area contributed by atoms with E-state index in [1.54, 1.807) is 5.57 Å². The summed E-state index contributed by atoms with van der Waals surface area (Å²) < 4.78 is 1.16. The molecule has 1 atom stereocenters. The fraction of sp³-hybridized carbons (Fsp3) is 0.867. The summed E-state index contributed by atoms with van der Waals surface area (Å²) in [4.78, 5) is 0. The number of allylic oxidation sites excluding steroid dienone is 2. The molecule has 0 spiro atoms. The third kappa shape index (κ3) is 11.0. The molecular weight excluding hydrogens is 307 g/mol. The highest BCUT2D eigenvalue weighted by atomic mass is 127. The zero-order chi connectivity index (χ0) is 12.4. The fourth-order valence-corrected chi connectivity index (χ4v) is 2.73. The summed E-state index contributed by atoms with van der Waals surface area (Å²) in [5.74, 6) is 1.80. The average molecular weight is 336 g/mol. The number of alkyl halides is 1. The summed E-state index contributed by atoms with van der Waals surface area (Å²) in [6, 6.07) is 0. The van der Waals surface area contributed by atoms with Gasteiger partial charge in [0, 0.05) is 4.43 Å². The number of rotatable bonds is 9. The van der Waals surface area contributed by atoms with E-state index in [0.717, 1.165) is 16.3 Å². The standard InChI is InChI=1S/C15H29I/c1-13(2)7-5-8-14(3)9-6-10-15(4)11-12-16/h11,13-14H,5-10,12H2,1-4H3. The van der Waals surface area contributed by atoms with Crippen LogP contribution in [-0.4, -0.2) is 4.43 Å². The smallest absolute Gasteiger partial charge is 0.0178 e. The Kier molecular flexibility index (Phi) is 10.9. The van der Waals surface area contributed by atoms with Crippen LogP contribution in [0.1, 0.15) is 66.2 Å². The molecule has 0 aromatic rings. The third-order valence-electron chi connectivity index (χ3n) is 3.17. The van der Waals surface area contributed by atoms with E-state index in [2.05, 4.69) is 56.4 Å². The summed E-state index contributed by atoms with van der Waals surface area (Å²) in [6.45, 7) is 9.32. The first kappa shape index (κ1) is 16.5. The molecule has 16 heavy (non-hydrogen) atoms. The van der Waals surface area contributed by atoms with Crippen LogP contribution in [0.3, 0.4) is 0 Å². The summed E-state index contributed by atoms with van der Waals surface area (Å²) >= 11 is 2.42. The van der Waals surface area contributed by atoms with Crippen molar-refractivity contribution in [2.45, 2.75) is 66.2 Å². The molecule has 0 heterocycles. The molecule has 0 aromatic carbocycles. The lowest BCUT2D eigenvalue weighted by Gasteiger charge is -2.12. The fourth-order valence-electron chi connectivity index (χ4n) is 1.98. The van der Waals surface area contributed by atoms with Crippen LogP contribution in [0, 0.1) is 11.8 Å². The van der Waals surface area contributed by atoms with Gasteiger partial charge in [0.15, 0.2) is 0 Å². The SMILES string of the molecule is CC(=CCI)CCCC(C)CCCC(C)C. The van der Waals surface area contributed by atoms with Crippen LogP contribution in [0.25, 0.3) is 0 Å². The maximum absolute atomic E-state index is 2.42. The van der Waals surface area contributed by atoms with Gasteiger partial charge in [-0.15, -0.1) is 0 Å². The van der Waals surface area contributed by atoms with Crippen LogP contribution in [0.2, 0.25) is 0 Å². The monoisotopic (exact) mass is 336 g/mol. The van der Waals surface area contributed by atoms with Gasteiger partial charge < -0.3 is 0 Å². The quantitative estimate of drug-likeness (QED) is 0.275. The Morgan fingerprint density at radius 1 is 1.06 bits per heavy atom. The van der Waals surface area contributed by atoms with Crippen molar-refractivity contribution in [2.75, 3.05) is 4.43 Å². The molecule has 0 saturated heterocycles. The van der Waals surface area contributed by atoms with E-state index < -0.39 is 0 Å². The first-order valence-corrected chi connectivity index (χ1v) is 8.30. The first-order chi connectivity index (χ1) is 7.56. The van der Waals surface area contributed by atoms with Crippen molar-refractivity contribution >= 4 is 22.6 Å². The summed E-state index contributed by atoms with van der Waals surface area (Å²) in [5, 5.41) is 0. The average Bonchev–Trinajstić information content (AvgIpc) is 2.17. The lowest BCUT2D eigenvalue weighted by molar-refractivity contribution is 0.427. The van der Waals surface area contributed by atoms with Gasteiger partial charge in [-0.05, 0) is 31.6 Å². The third-order valence-corrected chi connectivity index (χ3v) is 3.61. The Balaban J connectivity index is 3.43. The second-order valence-corrected chi connectivity index (χ2v) is 6.41. The molecule has 0 radical (unpaired) electrons. The highest BCUT2D eigenvalue weighted by molar-refractivity contribution is 14.1. The highest BCUT2D eigenvalue weighted by Gasteiger charge is 2.03. The van der Waals surface area contributed by atoms with Crippen LogP contribution >= 0.6 is 22.6 Å². The molecule has 0 aliphatic carbocycles. The Hall–Kier alpha value is 0.470. The second kappa shape index (κ2) is 10.6. The highest BCUT2D eigenvalue weighted by Crippen LogP contribution is 2.18. The molecule has 96 valence electrons. The molecule has 0 rings (SSSR count). The predicted octanol–water partition coefficient (Wildman–Crippen LogP) is 6.00. The number of hydrogen-bond acceptors (Lipinski definition) is 0. The van der Waals surface area contributed by atoms with Crippen molar-refractivity contribution in [2.24, 2.45) is 11.8 Å². The van der Waals surface area contributed by atoms with Crippen molar-refractivity contribution in [3.05, 3.63) is 11.6 Å². The first-order valence-electron chi connectivity index (χ1n) is 6.77. The zero-order valence-corrected chi connectivity index (χ0v) is 13.7. The van der Waals surface area contributed by atoms with Crippen molar-refractivity contribution < 1.29 is 0 Å². The Morgan fingerprint density at radius 2 is 1.69 bits per heavy atom. The molecule has 1 heteroatoms. The van der Waals surface area contributed by atoms with Gasteiger partial charge in [-0.2, -0.15) is 0 Å². The minimum Gasteiger partial charge on any atom is -0.0818 e. The maximum atomic E-state index is 2.42. The normalized spacial score (nSPS) is 14.5. The van der Waals surface area contributed by atoms with Gasteiger partial charge in [0.25, 0.3) is 0 Å². The molecule has 0 fully saturated rings. The molecule has 0 aliphatic rings. The molecule has 0 N–H and O–H groups in total. The van der Waals surface area contributed by atoms with Gasteiger partial charge in [-0.25, -0.2) is 0 Å². The Bertz CT molecular complexity index is 182. The minimum absolute atomic E-state index is 0.876. The van der Waals surface area contributed by atoms with Gasteiger partial charge in [-0.3, -0.25) is 0 Å². The maximum Gasteiger partial charge on any atom is 0.0178 e. The van der Waals surface area contributed by atoms with E-state index in [0.29, 0.717) is 0 Å². The van der Waals surface area contributed by atoms with E-state index in [9.17, 15) is 0 Å². The largest absolute Gasteiger partial charge is 0.0818 e. The van der Waals surface area contributed by atoms with Crippen LogP contribution in [0.15, 0.2) is 11.6 Å². The van der Waals surface area contributed by atoms with Crippen LogP contribution < -0.4 is 0 Å². The van der Waals surface area contributed by atoms with Crippen molar-refractivity contribution in [1.29, 1.82) is 0 Å². The zero-order valence-electron chi connectivity index (χ0n) is 11.6. The van der Waals surface area contributed by atoms with Crippen molar-refractivity contribution in [3.8, 4) is 0 Å². The van der Waals surface area contributed by atoms with E-state index in [4.69, 9.17) is 0 Å². The summed E-state index contributed by atoms with van der Waals surface area (Å²) in [6.07, 6.45) is 10.7. The van der Waals surface area contributed by atoms with Crippen LogP contribution in [0.5, 0.6) is 0 Å². The molecule has 0 bridgehead atoms. The predicted molar refractivity (Wildman–Crippen MR) is 84.3 cm³/mol. The van der Waals surface area contributed by atoms with E-state index in [-0.39, 0.29) is 0 Å². The molecule has 1 unspecified atom stereocenters. The van der Waals surface area contributed by atoms with Gasteiger partial charge >= 0.3 is 0 Å². The Morgan fingerprint density at radius 3 is 2.25 bits per heavy atom. The lowest BCUT2D eigenvalue weighted by Crippen LogP contribution is -1.97. The Labute approximate surface area is 116 Å². The van der Waals surface area contributed by atoms with Crippen molar-refractivity contribution in [1.82, 2.24) is 0 Å². The van der Waals surface area contributed by atoms with E-state index >= 15 is 0 Å². The molecule has 0 amide bonds. The van der Waals surface area contributed by atoms with Gasteiger partial charge in [-0.1, -0.05) is 80.7 Å². The van der Waals surface area contributed by atoms with Crippen molar-refractivity contribution in [3.63, 3.8) is 0 Å². The summed E-state index contributed by atoms with van der Waals surface area (Å²) in [5.41, 5.74) is 1.57. The summed E-state index contributed by atoms with van der Waals surface area (Å²) in [7, 11) is 0. The van der Waals surface area contributed by atoms with Crippen LogP contribution in [0.4, 0.5) is 0 Å². The molecule has 0 aliphatic heterocycles. The second-order valence-electron chi connectivity index (χ2n) is 5.53. The number of hydrogen-bond donors (Lipinski definition) is 0. The van der Waals surface area contributed by atoms with Crippen LogP contribution in [-0.2, 0) is 0 Å². The van der Waals surface area contributed by atoms with E-state index in [1.165, 1.54) is 38.5 Å². The minimum atomic E-state index is 0.876. The van der Waals surface area contributed by atoms with Gasteiger partial charge in [0.1, 0.15) is 0 Å². The molecular formula is C15H29I. The lowest BCUT2D eigenvalue weighted by atomic mass is 9.94. The molecule has 0 saturated carbocycles.